The Balaban J connectivity index is 2.11. The number of benzene rings is 1. The van der Waals surface area contributed by atoms with Crippen molar-refractivity contribution in [3.05, 3.63) is 35.4 Å². The molecule has 0 amide bonds. The molecule has 1 saturated heterocycles. The maximum atomic E-state index is 12.2. The summed E-state index contributed by atoms with van der Waals surface area (Å²) in [5, 5.41) is 0. The zero-order valence-corrected chi connectivity index (χ0v) is 11.8. The maximum Gasteiger partial charge on any atom is 0.218 e. The number of hydrogen-bond donors (Lipinski definition) is 1. The van der Waals surface area contributed by atoms with Gasteiger partial charge in [0.05, 0.1) is 5.75 Å². The van der Waals surface area contributed by atoms with Gasteiger partial charge >= 0.3 is 0 Å². The standard InChI is InChI=1S/C12H18N2O2S2/c13-9-11-2-1-3-12(8-11)10-18(15,16)14-4-6-17-7-5-14/h1-3,8H,4-7,9-10,13H2. The van der Waals surface area contributed by atoms with Crippen molar-refractivity contribution in [3.8, 4) is 0 Å². The predicted octanol–water partition coefficient (Wildman–Crippen LogP) is 1.02. The molecule has 0 aliphatic carbocycles. The van der Waals surface area contributed by atoms with Crippen LogP contribution in [0.3, 0.4) is 0 Å². The summed E-state index contributed by atoms with van der Waals surface area (Å²) in [5.41, 5.74) is 7.35. The van der Waals surface area contributed by atoms with Crippen LogP contribution in [-0.2, 0) is 22.3 Å². The van der Waals surface area contributed by atoms with Gasteiger partial charge in [-0.05, 0) is 11.1 Å². The average molecular weight is 286 g/mol. The molecule has 0 radical (unpaired) electrons. The highest BCUT2D eigenvalue weighted by Crippen LogP contribution is 2.17. The minimum Gasteiger partial charge on any atom is -0.326 e. The van der Waals surface area contributed by atoms with Crippen molar-refractivity contribution >= 4 is 21.8 Å². The molecule has 1 aliphatic rings. The molecule has 1 fully saturated rings. The van der Waals surface area contributed by atoms with E-state index in [0.29, 0.717) is 19.6 Å². The SMILES string of the molecule is NCc1cccc(CS(=O)(=O)N2CCSCC2)c1. The normalized spacial score (nSPS) is 17.8. The van der Waals surface area contributed by atoms with Gasteiger partial charge < -0.3 is 5.73 Å². The number of sulfonamides is 1. The number of thioether (sulfide) groups is 1. The highest BCUT2D eigenvalue weighted by Gasteiger charge is 2.24. The van der Waals surface area contributed by atoms with Gasteiger partial charge in [-0.3, -0.25) is 0 Å². The van der Waals surface area contributed by atoms with E-state index in [4.69, 9.17) is 5.73 Å². The van der Waals surface area contributed by atoms with Crippen molar-refractivity contribution in [3.63, 3.8) is 0 Å². The van der Waals surface area contributed by atoms with Crippen molar-refractivity contribution in [1.82, 2.24) is 4.31 Å². The number of nitrogens with zero attached hydrogens (tertiary/aromatic N) is 1. The van der Waals surface area contributed by atoms with E-state index in [1.807, 2.05) is 24.3 Å². The van der Waals surface area contributed by atoms with Crippen LogP contribution < -0.4 is 5.73 Å². The largest absolute Gasteiger partial charge is 0.326 e. The fourth-order valence-corrected chi connectivity index (χ4v) is 4.63. The fraction of sp³-hybridized carbons (Fsp3) is 0.500. The third-order valence-electron chi connectivity index (χ3n) is 2.94. The van der Waals surface area contributed by atoms with E-state index in [2.05, 4.69) is 0 Å². The van der Waals surface area contributed by atoms with Crippen LogP contribution in [0.15, 0.2) is 24.3 Å². The van der Waals surface area contributed by atoms with Gasteiger partial charge in [0.1, 0.15) is 0 Å². The summed E-state index contributed by atoms with van der Waals surface area (Å²) < 4.78 is 26.1. The van der Waals surface area contributed by atoms with Gasteiger partial charge in [0.2, 0.25) is 10.0 Å². The number of hydrogen-bond acceptors (Lipinski definition) is 4. The molecular weight excluding hydrogens is 268 g/mol. The first-order valence-electron chi connectivity index (χ1n) is 5.95. The Morgan fingerprint density at radius 2 is 1.89 bits per heavy atom. The van der Waals surface area contributed by atoms with Crippen molar-refractivity contribution in [2.24, 2.45) is 5.73 Å². The summed E-state index contributed by atoms with van der Waals surface area (Å²) >= 11 is 1.80. The van der Waals surface area contributed by atoms with E-state index < -0.39 is 10.0 Å². The van der Waals surface area contributed by atoms with Crippen LogP contribution in [0.25, 0.3) is 0 Å². The van der Waals surface area contributed by atoms with Gasteiger partial charge in [-0.1, -0.05) is 24.3 Å². The minimum absolute atomic E-state index is 0.0749. The monoisotopic (exact) mass is 286 g/mol. The zero-order valence-electron chi connectivity index (χ0n) is 10.2. The van der Waals surface area contributed by atoms with Gasteiger partial charge in [0.25, 0.3) is 0 Å². The van der Waals surface area contributed by atoms with Gasteiger partial charge in [-0.25, -0.2) is 8.42 Å². The Kier molecular flexibility index (Phi) is 4.66. The van der Waals surface area contributed by atoms with E-state index >= 15 is 0 Å². The molecule has 6 heteroatoms. The third kappa shape index (κ3) is 3.47. The van der Waals surface area contributed by atoms with E-state index in [1.54, 1.807) is 16.1 Å². The molecule has 100 valence electrons. The molecule has 0 aromatic heterocycles. The third-order valence-corrected chi connectivity index (χ3v) is 5.73. The molecule has 1 aromatic carbocycles. The quantitative estimate of drug-likeness (QED) is 0.898. The summed E-state index contributed by atoms with van der Waals surface area (Å²) in [5.74, 6) is 1.86. The van der Waals surface area contributed by atoms with Crippen LogP contribution in [0.1, 0.15) is 11.1 Å². The Bertz CT molecular complexity index is 497. The smallest absolute Gasteiger partial charge is 0.218 e. The average Bonchev–Trinajstić information content (AvgIpc) is 2.39. The molecule has 0 unspecified atom stereocenters. The molecule has 0 spiro atoms. The first kappa shape index (κ1) is 13.9. The molecular formula is C12H18N2O2S2. The summed E-state index contributed by atoms with van der Waals surface area (Å²) in [6, 6.07) is 7.48. The summed E-state index contributed by atoms with van der Waals surface area (Å²) in [4.78, 5) is 0. The lowest BCUT2D eigenvalue weighted by Crippen LogP contribution is -2.38. The minimum atomic E-state index is -3.18. The fourth-order valence-electron chi connectivity index (χ4n) is 1.97. The maximum absolute atomic E-state index is 12.2. The van der Waals surface area contributed by atoms with Crippen molar-refractivity contribution in [2.45, 2.75) is 12.3 Å². The van der Waals surface area contributed by atoms with E-state index in [1.165, 1.54) is 0 Å². The lowest BCUT2D eigenvalue weighted by molar-refractivity contribution is 0.443. The van der Waals surface area contributed by atoms with Crippen LogP contribution in [0.4, 0.5) is 0 Å². The zero-order chi connectivity index (χ0) is 13.0. The Labute approximate surface area is 113 Å². The van der Waals surface area contributed by atoms with Crippen molar-refractivity contribution < 1.29 is 8.42 Å². The molecule has 18 heavy (non-hydrogen) atoms. The molecule has 1 aliphatic heterocycles. The van der Waals surface area contributed by atoms with Gasteiger partial charge in [0.15, 0.2) is 0 Å². The summed E-state index contributed by atoms with van der Waals surface area (Å²) in [7, 11) is -3.18. The van der Waals surface area contributed by atoms with Crippen LogP contribution in [0, 0.1) is 0 Å². The molecule has 0 saturated carbocycles. The molecule has 2 N–H and O–H groups in total. The molecule has 0 atom stereocenters. The lowest BCUT2D eigenvalue weighted by atomic mass is 10.1. The lowest BCUT2D eigenvalue weighted by Gasteiger charge is -2.25. The first-order valence-corrected chi connectivity index (χ1v) is 8.71. The van der Waals surface area contributed by atoms with Crippen molar-refractivity contribution in [1.29, 1.82) is 0 Å². The van der Waals surface area contributed by atoms with Crippen LogP contribution >= 0.6 is 11.8 Å². The van der Waals surface area contributed by atoms with Crippen LogP contribution in [0.5, 0.6) is 0 Å². The second-order valence-corrected chi connectivity index (χ2v) is 7.49. The van der Waals surface area contributed by atoms with Crippen LogP contribution in [-0.4, -0.2) is 37.3 Å². The molecule has 2 rings (SSSR count). The topological polar surface area (TPSA) is 63.4 Å². The van der Waals surface area contributed by atoms with Crippen LogP contribution in [0.2, 0.25) is 0 Å². The van der Waals surface area contributed by atoms with E-state index in [0.717, 1.165) is 22.6 Å². The van der Waals surface area contributed by atoms with Gasteiger partial charge in [0, 0.05) is 31.1 Å². The van der Waals surface area contributed by atoms with Gasteiger partial charge in [-0.15, -0.1) is 0 Å². The van der Waals surface area contributed by atoms with Gasteiger partial charge in [-0.2, -0.15) is 16.1 Å². The molecule has 4 nitrogen and oxygen atoms in total. The highest BCUT2D eigenvalue weighted by molar-refractivity contribution is 7.99. The Morgan fingerprint density at radius 3 is 2.56 bits per heavy atom. The summed E-state index contributed by atoms with van der Waals surface area (Å²) in [6.45, 7) is 1.70. The summed E-state index contributed by atoms with van der Waals surface area (Å²) in [6.07, 6.45) is 0. The number of nitrogens with two attached hydrogens (primary N) is 1. The second-order valence-electron chi connectivity index (χ2n) is 4.29. The highest BCUT2D eigenvalue weighted by atomic mass is 32.2. The van der Waals surface area contributed by atoms with Crippen molar-refractivity contribution in [2.75, 3.05) is 24.6 Å². The second kappa shape index (κ2) is 6.06. The van der Waals surface area contributed by atoms with E-state index in [-0.39, 0.29) is 5.75 Å². The Morgan fingerprint density at radius 1 is 1.22 bits per heavy atom. The molecule has 1 aromatic rings. The molecule has 0 bridgehead atoms. The number of rotatable bonds is 4. The predicted molar refractivity (Wildman–Crippen MR) is 75.9 cm³/mol. The van der Waals surface area contributed by atoms with E-state index in [9.17, 15) is 8.42 Å². The Hall–Kier alpha value is -0.560. The first-order chi connectivity index (χ1) is 8.62. The molecule has 1 heterocycles.